The Morgan fingerprint density at radius 2 is 2.00 bits per heavy atom. The molecular formula is C13H17N3O2S. The molecule has 0 spiro atoms. The fraction of sp³-hybridized carbons (Fsp3) is 0.308. The van der Waals surface area contributed by atoms with Gasteiger partial charge in [-0.2, -0.15) is 5.10 Å². The van der Waals surface area contributed by atoms with Gasteiger partial charge in [0, 0.05) is 19.0 Å². The van der Waals surface area contributed by atoms with Crippen LogP contribution in [-0.4, -0.2) is 24.5 Å². The average Bonchev–Trinajstić information content (AvgIpc) is 2.83. The van der Waals surface area contributed by atoms with Crippen molar-refractivity contribution in [2.45, 2.75) is 24.9 Å². The van der Waals surface area contributed by atoms with E-state index in [2.05, 4.69) is 10.4 Å². The average molecular weight is 279 g/mol. The van der Waals surface area contributed by atoms with Gasteiger partial charge in [-0.25, -0.2) is 8.42 Å². The van der Waals surface area contributed by atoms with E-state index in [1.807, 2.05) is 23.7 Å². The molecule has 6 heteroatoms. The normalized spacial score (nSPS) is 11.5. The largest absolute Gasteiger partial charge is 0.378 e. The molecule has 1 aromatic carbocycles. The lowest BCUT2D eigenvalue weighted by atomic mass is 10.3. The zero-order valence-electron chi connectivity index (χ0n) is 11.0. The molecule has 102 valence electrons. The fourth-order valence-corrected chi connectivity index (χ4v) is 2.78. The van der Waals surface area contributed by atoms with Crippen molar-refractivity contribution in [3.05, 3.63) is 42.2 Å². The maximum atomic E-state index is 11.7. The summed E-state index contributed by atoms with van der Waals surface area (Å²) in [6.07, 6.45) is 2.95. The van der Waals surface area contributed by atoms with E-state index in [4.69, 9.17) is 0 Å². The predicted octanol–water partition coefficient (Wildman–Crippen LogP) is 1.92. The van der Waals surface area contributed by atoms with Crippen molar-refractivity contribution in [1.82, 2.24) is 9.78 Å². The Labute approximate surface area is 113 Å². The molecule has 1 aromatic heterocycles. The van der Waals surface area contributed by atoms with Crippen LogP contribution in [0, 0.1) is 0 Å². The molecule has 0 aliphatic carbocycles. The number of hydrogen-bond donors (Lipinski definition) is 1. The number of para-hydroxylation sites is 1. The van der Waals surface area contributed by atoms with Crippen LogP contribution in [0.2, 0.25) is 0 Å². The van der Waals surface area contributed by atoms with Crippen molar-refractivity contribution >= 4 is 15.5 Å². The Morgan fingerprint density at radius 1 is 1.26 bits per heavy atom. The van der Waals surface area contributed by atoms with Gasteiger partial charge in [0.2, 0.25) is 0 Å². The number of sulfone groups is 1. The summed E-state index contributed by atoms with van der Waals surface area (Å²) in [5, 5.41) is 7.33. The summed E-state index contributed by atoms with van der Waals surface area (Å²) < 4.78 is 25.2. The number of nitrogens with one attached hydrogen (secondary N) is 1. The quantitative estimate of drug-likeness (QED) is 0.908. The molecule has 0 fully saturated rings. The highest BCUT2D eigenvalue weighted by atomic mass is 32.2. The number of aryl methyl sites for hydroxylation is 1. The first-order valence-corrected chi connectivity index (χ1v) is 7.95. The molecule has 1 N–H and O–H groups in total. The van der Waals surface area contributed by atoms with Crippen LogP contribution in [0.3, 0.4) is 0 Å². The van der Waals surface area contributed by atoms with Gasteiger partial charge in [0.15, 0.2) is 9.84 Å². The van der Waals surface area contributed by atoms with Crippen LogP contribution in [0.25, 0.3) is 0 Å². The Bertz CT molecular complexity index is 662. The summed E-state index contributed by atoms with van der Waals surface area (Å²) in [5.74, 6) is 0. The van der Waals surface area contributed by atoms with E-state index in [1.54, 1.807) is 24.4 Å². The fourth-order valence-electron chi connectivity index (χ4n) is 1.92. The zero-order chi connectivity index (χ0) is 13.9. The highest BCUT2D eigenvalue weighted by molar-refractivity contribution is 7.90. The van der Waals surface area contributed by atoms with Gasteiger partial charge in [-0.3, -0.25) is 4.68 Å². The van der Waals surface area contributed by atoms with Crippen molar-refractivity contribution < 1.29 is 8.42 Å². The third-order valence-electron chi connectivity index (χ3n) is 2.85. The summed E-state index contributed by atoms with van der Waals surface area (Å²) in [5.41, 5.74) is 1.64. The Hall–Kier alpha value is -1.82. The first-order chi connectivity index (χ1) is 9.02. The first-order valence-electron chi connectivity index (χ1n) is 6.06. The van der Waals surface area contributed by atoms with Crippen LogP contribution in [0.4, 0.5) is 5.69 Å². The van der Waals surface area contributed by atoms with Gasteiger partial charge >= 0.3 is 0 Å². The van der Waals surface area contributed by atoms with E-state index < -0.39 is 9.84 Å². The Kier molecular flexibility index (Phi) is 3.90. The van der Waals surface area contributed by atoms with Gasteiger partial charge < -0.3 is 5.32 Å². The minimum atomic E-state index is -3.23. The number of aromatic nitrogens is 2. The molecule has 0 atom stereocenters. The van der Waals surface area contributed by atoms with Crippen molar-refractivity contribution in [2.24, 2.45) is 0 Å². The van der Waals surface area contributed by atoms with Crippen LogP contribution < -0.4 is 5.32 Å². The van der Waals surface area contributed by atoms with Gasteiger partial charge in [0.1, 0.15) is 0 Å². The molecule has 19 heavy (non-hydrogen) atoms. The third kappa shape index (κ3) is 3.14. The summed E-state index contributed by atoms with van der Waals surface area (Å²) in [6.45, 7) is 3.35. The van der Waals surface area contributed by atoms with E-state index in [-0.39, 0.29) is 0 Å². The maximum absolute atomic E-state index is 11.7. The van der Waals surface area contributed by atoms with Crippen LogP contribution >= 0.6 is 0 Å². The molecule has 5 nitrogen and oxygen atoms in total. The molecule has 1 heterocycles. The van der Waals surface area contributed by atoms with Gasteiger partial charge in [0.25, 0.3) is 0 Å². The van der Waals surface area contributed by atoms with Crippen LogP contribution in [0.15, 0.2) is 41.4 Å². The van der Waals surface area contributed by atoms with E-state index in [1.165, 1.54) is 6.26 Å². The molecule has 0 aliphatic rings. The molecule has 0 radical (unpaired) electrons. The molecule has 0 bridgehead atoms. The summed E-state index contributed by atoms with van der Waals surface area (Å²) >= 11 is 0. The second kappa shape index (κ2) is 5.44. The summed E-state index contributed by atoms with van der Waals surface area (Å²) in [4.78, 5) is 0.317. The van der Waals surface area contributed by atoms with Gasteiger partial charge in [-0.1, -0.05) is 12.1 Å². The minimum absolute atomic E-state index is 0.317. The van der Waals surface area contributed by atoms with Crippen LogP contribution in [0.1, 0.15) is 12.6 Å². The van der Waals surface area contributed by atoms with Gasteiger partial charge in [-0.05, 0) is 25.1 Å². The summed E-state index contributed by atoms with van der Waals surface area (Å²) in [7, 11) is -3.23. The molecular weight excluding hydrogens is 262 g/mol. The molecule has 2 aromatic rings. The molecule has 0 saturated heterocycles. The topological polar surface area (TPSA) is 64.0 Å². The highest BCUT2D eigenvalue weighted by Gasteiger charge is 2.12. The number of hydrogen-bond acceptors (Lipinski definition) is 4. The minimum Gasteiger partial charge on any atom is -0.378 e. The molecule has 0 amide bonds. The number of nitrogens with zero attached hydrogens (tertiary/aromatic N) is 2. The second-order valence-electron chi connectivity index (χ2n) is 4.26. The Morgan fingerprint density at radius 3 is 2.68 bits per heavy atom. The molecule has 0 saturated carbocycles. The van der Waals surface area contributed by atoms with Crippen molar-refractivity contribution in [2.75, 3.05) is 11.6 Å². The molecule has 0 unspecified atom stereocenters. The van der Waals surface area contributed by atoms with Gasteiger partial charge in [0.05, 0.1) is 22.8 Å². The summed E-state index contributed by atoms with van der Waals surface area (Å²) in [6, 6.07) is 8.82. The third-order valence-corrected chi connectivity index (χ3v) is 4.01. The van der Waals surface area contributed by atoms with Gasteiger partial charge in [-0.15, -0.1) is 0 Å². The number of rotatable bonds is 5. The second-order valence-corrected chi connectivity index (χ2v) is 6.24. The van der Waals surface area contributed by atoms with Crippen LogP contribution in [-0.2, 0) is 22.9 Å². The highest BCUT2D eigenvalue weighted by Crippen LogP contribution is 2.21. The van der Waals surface area contributed by atoms with E-state index in [9.17, 15) is 8.42 Å². The lowest BCUT2D eigenvalue weighted by Gasteiger charge is -2.11. The van der Waals surface area contributed by atoms with Crippen LogP contribution in [0.5, 0.6) is 0 Å². The van der Waals surface area contributed by atoms with Crippen molar-refractivity contribution in [3.8, 4) is 0 Å². The number of benzene rings is 1. The number of anilines is 1. The smallest absolute Gasteiger partial charge is 0.177 e. The molecule has 0 aliphatic heterocycles. The Balaban J connectivity index is 2.21. The molecule has 2 rings (SSSR count). The SMILES string of the molecule is CCn1nccc1CNc1ccccc1S(C)(=O)=O. The van der Waals surface area contributed by atoms with Crippen molar-refractivity contribution in [3.63, 3.8) is 0 Å². The first kappa shape index (κ1) is 13.6. The maximum Gasteiger partial charge on any atom is 0.177 e. The predicted molar refractivity (Wildman–Crippen MR) is 74.8 cm³/mol. The monoisotopic (exact) mass is 279 g/mol. The lowest BCUT2D eigenvalue weighted by molar-refractivity contribution is 0.602. The van der Waals surface area contributed by atoms with E-state index >= 15 is 0 Å². The standard InChI is InChI=1S/C13H17N3O2S/c1-3-16-11(8-9-15-16)10-14-12-6-4-5-7-13(12)19(2,17)18/h4-9,14H,3,10H2,1-2H3. The van der Waals surface area contributed by atoms with Crippen molar-refractivity contribution in [1.29, 1.82) is 0 Å². The zero-order valence-corrected chi connectivity index (χ0v) is 11.8. The van der Waals surface area contributed by atoms with E-state index in [0.717, 1.165) is 12.2 Å². The van der Waals surface area contributed by atoms with E-state index in [0.29, 0.717) is 17.1 Å². The lowest BCUT2D eigenvalue weighted by Crippen LogP contribution is -2.10.